The monoisotopic (exact) mass is 408 g/mol. The Labute approximate surface area is 171 Å². The van der Waals surface area contributed by atoms with E-state index in [0.29, 0.717) is 22.0 Å². The molecule has 0 saturated carbocycles. The summed E-state index contributed by atoms with van der Waals surface area (Å²) in [5.74, 6) is -0.675. The highest BCUT2D eigenvalue weighted by Crippen LogP contribution is 2.65. The lowest BCUT2D eigenvalue weighted by atomic mass is 9.74. The topological polar surface area (TPSA) is 139 Å². The average molecular weight is 408 g/mol. The standard InChI is InChI=1S/C22H20N2O6/c1-21-15-16(22(30-21,8-9-25)18(27)17(21)26)20(29)24(19(15)28)14-7-6-11(10-23)12-4-2-3-5-13(12)14/h2-7,17-18,25-29H,8-9H2,1H3/t17-,18+,21+,22-/m1/s1. The number of nitriles is 1. The van der Waals surface area contributed by atoms with Crippen LogP contribution in [0.2, 0.25) is 0 Å². The molecule has 1 fully saturated rings. The molecule has 4 atom stereocenters. The summed E-state index contributed by atoms with van der Waals surface area (Å²) in [5, 5.41) is 63.9. The van der Waals surface area contributed by atoms with Gasteiger partial charge in [-0.25, -0.2) is 0 Å². The molecule has 1 aromatic heterocycles. The third-order valence-corrected chi connectivity index (χ3v) is 6.52. The molecule has 8 heteroatoms. The van der Waals surface area contributed by atoms with Crippen LogP contribution in [0.1, 0.15) is 30.0 Å². The van der Waals surface area contributed by atoms with Crippen molar-refractivity contribution in [1.29, 1.82) is 5.26 Å². The normalized spacial score (nSPS) is 29.3. The van der Waals surface area contributed by atoms with Crippen molar-refractivity contribution in [2.75, 3.05) is 6.61 Å². The van der Waals surface area contributed by atoms with Crippen LogP contribution < -0.4 is 0 Å². The van der Waals surface area contributed by atoms with Gasteiger partial charge < -0.3 is 30.3 Å². The number of ether oxygens (including phenoxy) is 1. The van der Waals surface area contributed by atoms with E-state index < -0.39 is 23.4 Å². The molecule has 5 N–H and O–H groups in total. The lowest BCUT2D eigenvalue weighted by Crippen LogP contribution is -2.46. The molecule has 2 aliphatic rings. The van der Waals surface area contributed by atoms with Crippen LogP contribution in [0.25, 0.3) is 16.5 Å². The number of aromatic hydroxyl groups is 2. The highest BCUT2D eigenvalue weighted by Gasteiger charge is 2.71. The number of aliphatic hydroxyl groups is 3. The number of fused-ring (bicyclic) bond motifs is 6. The Balaban J connectivity index is 1.85. The van der Waals surface area contributed by atoms with Gasteiger partial charge in [-0.1, -0.05) is 24.3 Å². The molecule has 2 aromatic carbocycles. The van der Waals surface area contributed by atoms with Gasteiger partial charge in [0.15, 0.2) is 0 Å². The van der Waals surface area contributed by atoms with Gasteiger partial charge in [-0.05, 0) is 19.1 Å². The van der Waals surface area contributed by atoms with E-state index in [1.165, 1.54) is 11.5 Å². The van der Waals surface area contributed by atoms with Gasteiger partial charge in [-0.2, -0.15) is 5.26 Å². The summed E-state index contributed by atoms with van der Waals surface area (Å²) >= 11 is 0. The summed E-state index contributed by atoms with van der Waals surface area (Å²) < 4.78 is 7.19. The van der Waals surface area contributed by atoms with Crippen molar-refractivity contribution < 1.29 is 30.3 Å². The minimum Gasteiger partial charge on any atom is -0.494 e. The van der Waals surface area contributed by atoms with E-state index in [9.17, 15) is 30.8 Å². The third kappa shape index (κ3) is 1.98. The van der Waals surface area contributed by atoms with Crippen LogP contribution in [0.5, 0.6) is 11.8 Å². The van der Waals surface area contributed by atoms with Gasteiger partial charge >= 0.3 is 0 Å². The van der Waals surface area contributed by atoms with Crippen molar-refractivity contribution >= 4 is 10.8 Å². The second-order valence-corrected chi connectivity index (χ2v) is 7.98. The Morgan fingerprint density at radius 1 is 1.03 bits per heavy atom. The lowest BCUT2D eigenvalue weighted by Gasteiger charge is -2.31. The van der Waals surface area contributed by atoms with Crippen LogP contribution in [-0.2, 0) is 15.9 Å². The fourth-order valence-electron chi connectivity index (χ4n) is 5.17. The zero-order valence-corrected chi connectivity index (χ0v) is 16.1. The highest BCUT2D eigenvalue weighted by atomic mass is 16.6. The number of benzene rings is 2. The molecule has 1 saturated heterocycles. The first-order valence-corrected chi connectivity index (χ1v) is 9.58. The number of hydrogen-bond donors (Lipinski definition) is 5. The molecule has 5 rings (SSSR count). The summed E-state index contributed by atoms with van der Waals surface area (Å²) in [6, 6.07) is 12.5. The van der Waals surface area contributed by atoms with E-state index in [2.05, 4.69) is 6.07 Å². The molecular formula is C22H20N2O6. The van der Waals surface area contributed by atoms with Gasteiger partial charge in [0.2, 0.25) is 11.8 Å². The summed E-state index contributed by atoms with van der Waals surface area (Å²) in [6.45, 7) is 1.18. The van der Waals surface area contributed by atoms with Gasteiger partial charge in [0, 0.05) is 23.8 Å². The summed E-state index contributed by atoms with van der Waals surface area (Å²) in [4.78, 5) is 0. The van der Waals surface area contributed by atoms with E-state index in [1.54, 1.807) is 36.4 Å². The zero-order valence-electron chi connectivity index (χ0n) is 16.1. The fourth-order valence-corrected chi connectivity index (χ4v) is 5.17. The Morgan fingerprint density at radius 2 is 1.70 bits per heavy atom. The number of aliphatic hydroxyl groups excluding tert-OH is 3. The third-order valence-electron chi connectivity index (χ3n) is 6.52. The summed E-state index contributed by atoms with van der Waals surface area (Å²) in [5.41, 5.74) is -1.79. The van der Waals surface area contributed by atoms with Crippen LogP contribution in [0.3, 0.4) is 0 Å². The average Bonchev–Trinajstić information content (AvgIpc) is 3.25. The number of aromatic nitrogens is 1. The van der Waals surface area contributed by atoms with Crippen molar-refractivity contribution in [2.45, 2.75) is 36.8 Å². The molecule has 0 amide bonds. The molecular weight excluding hydrogens is 388 g/mol. The van der Waals surface area contributed by atoms with Crippen molar-refractivity contribution in [2.24, 2.45) is 0 Å². The largest absolute Gasteiger partial charge is 0.494 e. The minimum atomic E-state index is -1.55. The predicted octanol–water partition coefficient (Wildman–Crippen LogP) is 1.47. The molecule has 30 heavy (non-hydrogen) atoms. The van der Waals surface area contributed by atoms with E-state index >= 15 is 0 Å². The Bertz CT molecular complexity index is 1240. The predicted molar refractivity (Wildman–Crippen MR) is 105 cm³/mol. The number of rotatable bonds is 3. The maximum atomic E-state index is 11.2. The Kier molecular flexibility index (Phi) is 3.76. The second kappa shape index (κ2) is 5.97. The minimum absolute atomic E-state index is 0.0705. The zero-order chi connectivity index (χ0) is 21.4. The van der Waals surface area contributed by atoms with Gasteiger partial charge in [-0.15, -0.1) is 0 Å². The lowest BCUT2D eigenvalue weighted by molar-refractivity contribution is -0.119. The van der Waals surface area contributed by atoms with Crippen molar-refractivity contribution in [3.05, 3.63) is 53.1 Å². The molecule has 0 unspecified atom stereocenters. The van der Waals surface area contributed by atoms with Crippen LogP contribution in [0, 0.1) is 11.3 Å². The first-order chi connectivity index (χ1) is 14.3. The maximum absolute atomic E-state index is 11.2. The Hall–Kier alpha value is -3.09. The molecule has 2 aliphatic heterocycles. The van der Waals surface area contributed by atoms with E-state index in [-0.39, 0.29) is 35.9 Å². The molecule has 8 nitrogen and oxygen atoms in total. The summed E-state index contributed by atoms with van der Waals surface area (Å²) in [6.07, 6.45) is -2.81. The molecule has 2 bridgehead atoms. The maximum Gasteiger partial charge on any atom is 0.205 e. The quantitative estimate of drug-likeness (QED) is 0.442. The van der Waals surface area contributed by atoms with Crippen molar-refractivity contribution in [3.8, 4) is 23.5 Å². The molecule has 0 aliphatic carbocycles. The van der Waals surface area contributed by atoms with Gasteiger partial charge in [0.1, 0.15) is 23.4 Å². The molecule has 0 radical (unpaired) electrons. The SMILES string of the molecule is C[C@]12O[C@](CCO)(c3c1c(O)n(-c1ccc(C#N)c4ccccc14)c3O)[C@@H](O)[C@H]2O. The first kappa shape index (κ1) is 18.9. The van der Waals surface area contributed by atoms with Crippen LogP contribution in [0.15, 0.2) is 36.4 Å². The van der Waals surface area contributed by atoms with Crippen molar-refractivity contribution in [3.63, 3.8) is 0 Å². The van der Waals surface area contributed by atoms with Crippen LogP contribution in [0.4, 0.5) is 0 Å². The van der Waals surface area contributed by atoms with Gasteiger partial charge in [-0.3, -0.25) is 4.57 Å². The van der Waals surface area contributed by atoms with Crippen molar-refractivity contribution in [1.82, 2.24) is 4.57 Å². The molecule has 3 aromatic rings. The second-order valence-electron chi connectivity index (χ2n) is 7.98. The highest BCUT2D eigenvalue weighted by molar-refractivity contribution is 5.95. The number of nitrogens with zero attached hydrogens (tertiary/aromatic N) is 2. The summed E-state index contributed by atoms with van der Waals surface area (Å²) in [7, 11) is 0. The van der Waals surface area contributed by atoms with Gasteiger partial charge in [0.25, 0.3) is 0 Å². The van der Waals surface area contributed by atoms with Gasteiger partial charge in [0.05, 0.1) is 28.4 Å². The van der Waals surface area contributed by atoms with E-state index in [1.807, 2.05) is 0 Å². The smallest absolute Gasteiger partial charge is 0.205 e. The number of hydrogen-bond acceptors (Lipinski definition) is 7. The Morgan fingerprint density at radius 3 is 2.37 bits per heavy atom. The molecule has 154 valence electrons. The van der Waals surface area contributed by atoms with Crippen LogP contribution in [-0.4, -0.2) is 48.9 Å². The molecule has 0 spiro atoms. The fraction of sp³-hybridized carbons (Fsp3) is 0.318. The van der Waals surface area contributed by atoms with Crippen LogP contribution >= 0.6 is 0 Å². The van der Waals surface area contributed by atoms with E-state index in [4.69, 9.17) is 4.74 Å². The molecule has 3 heterocycles. The first-order valence-electron chi connectivity index (χ1n) is 9.58. The van der Waals surface area contributed by atoms with E-state index in [0.717, 1.165) is 0 Å².